The fraction of sp³-hybridized carbons (Fsp3) is 0.500. The number of nitrogens with zero attached hydrogens (tertiary/aromatic N) is 7. The number of pyridine rings is 3. The van der Waals surface area contributed by atoms with Gasteiger partial charge in [0.1, 0.15) is 40.1 Å². The van der Waals surface area contributed by atoms with Crippen LogP contribution >= 0.6 is 0 Å². The van der Waals surface area contributed by atoms with Gasteiger partial charge in [0, 0.05) is 99.9 Å². The summed E-state index contributed by atoms with van der Waals surface area (Å²) in [5.74, 6) is 0.847. The quantitative estimate of drug-likeness (QED) is 0.0570. The Morgan fingerprint density at radius 1 is 1.00 bits per heavy atom. The van der Waals surface area contributed by atoms with Crippen molar-refractivity contribution >= 4 is 50.0 Å². The first-order chi connectivity index (χ1) is 39.4. The van der Waals surface area contributed by atoms with Crippen molar-refractivity contribution in [3.05, 3.63) is 113 Å². The van der Waals surface area contributed by atoms with Crippen molar-refractivity contribution in [2.75, 3.05) is 93.8 Å². The monoisotopic (exact) mass is 1140 g/mol. The van der Waals surface area contributed by atoms with Crippen LogP contribution in [0.25, 0.3) is 11.0 Å². The van der Waals surface area contributed by atoms with Crippen molar-refractivity contribution in [1.82, 2.24) is 34.5 Å². The first-order valence-corrected chi connectivity index (χ1v) is 30.1. The fourth-order valence-corrected chi connectivity index (χ4v) is 14.1. The van der Waals surface area contributed by atoms with E-state index in [0.717, 1.165) is 107 Å². The van der Waals surface area contributed by atoms with E-state index in [0.29, 0.717) is 56.2 Å². The van der Waals surface area contributed by atoms with E-state index in [9.17, 15) is 27.9 Å². The lowest BCUT2D eigenvalue weighted by atomic mass is 9.59. The number of carbonyl (C=O) groups excluding carboxylic acids is 1. The van der Waals surface area contributed by atoms with Gasteiger partial charge in [0.05, 0.1) is 42.6 Å². The summed E-state index contributed by atoms with van der Waals surface area (Å²) in [7, 11) is -1.99. The van der Waals surface area contributed by atoms with Crippen LogP contribution in [0.3, 0.4) is 0 Å². The van der Waals surface area contributed by atoms with Gasteiger partial charge in [-0.25, -0.2) is 27.5 Å². The van der Waals surface area contributed by atoms with Gasteiger partial charge in [-0.05, 0) is 118 Å². The number of halogens is 1. The molecule has 2 aromatic carbocycles. The second-order valence-corrected chi connectivity index (χ2v) is 25.9. The van der Waals surface area contributed by atoms with E-state index in [-0.39, 0.29) is 68.4 Å². The van der Waals surface area contributed by atoms with Crippen LogP contribution in [0.15, 0.2) is 84.1 Å². The molecule has 6 aromatic rings. The summed E-state index contributed by atoms with van der Waals surface area (Å²) >= 11 is 0. The summed E-state index contributed by atoms with van der Waals surface area (Å²) in [5, 5.41) is 30.7. The van der Waals surface area contributed by atoms with Gasteiger partial charge in [-0.1, -0.05) is 38.1 Å². The van der Waals surface area contributed by atoms with E-state index in [1.165, 1.54) is 49.7 Å². The molecule has 0 radical (unpaired) electrons. The second kappa shape index (κ2) is 22.1. The molecule has 22 heteroatoms. The van der Waals surface area contributed by atoms with Crippen LogP contribution in [0.2, 0.25) is 0 Å². The van der Waals surface area contributed by atoms with Crippen LogP contribution in [0, 0.1) is 22.4 Å². The van der Waals surface area contributed by atoms with Crippen molar-refractivity contribution in [2.45, 2.75) is 113 Å². The highest BCUT2D eigenvalue weighted by Crippen LogP contribution is 2.54. The summed E-state index contributed by atoms with van der Waals surface area (Å²) in [6.45, 7) is 13.6. The number of methoxy groups -OCH3 is 1. The van der Waals surface area contributed by atoms with Gasteiger partial charge in [-0.2, -0.15) is 4.98 Å². The van der Waals surface area contributed by atoms with E-state index in [1.54, 1.807) is 12.1 Å². The number of benzene rings is 2. The number of amides is 1. The molecule has 1 atom stereocenters. The highest BCUT2D eigenvalue weighted by atomic mass is 32.2. The van der Waals surface area contributed by atoms with Crippen molar-refractivity contribution in [2.24, 2.45) is 11.3 Å². The molecular formula is C60H73FN11O9S-. The lowest BCUT2D eigenvalue weighted by Crippen LogP contribution is -2.61. The molecule has 5 fully saturated rings. The normalized spacial score (nSPS) is 22.7. The third-order valence-corrected chi connectivity index (χ3v) is 19.4. The Bertz CT molecular complexity index is 3460. The lowest BCUT2D eigenvalue weighted by molar-refractivity contribution is -0.0662. The molecule has 20 nitrogen and oxygen atoms in total. The van der Waals surface area contributed by atoms with Gasteiger partial charge in [-0.15, -0.1) is 0 Å². The largest absolute Gasteiger partial charge is 0.758 e. The molecule has 0 bridgehead atoms. The fourth-order valence-electron chi connectivity index (χ4n) is 13.2. The van der Waals surface area contributed by atoms with Crippen LogP contribution in [-0.2, 0) is 21.3 Å². The van der Waals surface area contributed by atoms with Crippen LogP contribution in [0.5, 0.6) is 23.1 Å². The number of hydrogen-bond acceptors (Lipinski definition) is 18. The Balaban J connectivity index is 0.751. The number of H-pyrrole nitrogens is 1. The van der Waals surface area contributed by atoms with Gasteiger partial charge in [-0.3, -0.25) is 14.6 Å². The molecule has 8 heterocycles. The first kappa shape index (κ1) is 55.7. The number of ether oxygens (including phenoxy) is 4. The van der Waals surface area contributed by atoms with Crippen molar-refractivity contribution in [1.29, 1.82) is 0 Å². The number of carbonyl (C=O) groups is 1. The average Bonchev–Trinajstić information content (AvgIpc) is 3.89. The molecule has 12 rings (SSSR count). The number of piperazine rings is 1. The minimum absolute atomic E-state index is 0.00467. The smallest absolute Gasteiger partial charge is 0.268 e. The van der Waals surface area contributed by atoms with Gasteiger partial charge in [0.15, 0.2) is 17.3 Å². The number of aliphatic hydroxyl groups is 1. The topological polar surface area (TPSA) is 235 Å². The molecule has 2 spiro atoms. The molecule has 2 saturated carbocycles. The molecule has 4 aliphatic heterocycles. The van der Waals surface area contributed by atoms with E-state index in [2.05, 4.69) is 94.2 Å². The predicted octanol–water partition coefficient (Wildman–Crippen LogP) is 8.70. The maximum atomic E-state index is 15.0. The Kier molecular flexibility index (Phi) is 15.0. The number of rotatable bonds is 16. The molecule has 5 N–H and O–H groups in total. The van der Waals surface area contributed by atoms with Crippen LogP contribution in [-0.4, -0.2) is 140 Å². The highest BCUT2D eigenvalue weighted by molar-refractivity contribution is 7.90. The zero-order valence-electron chi connectivity index (χ0n) is 47.2. The summed E-state index contributed by atoms with van der Waals surface area (Å²) in [6, 6.07) is 19.2. The minimum atomic E-state index is -4.62. The predicted molar refractivity (Wildman–Crippen MR) is 310 cm³/mol. The van der Waals surface area contributed by atoms with Crippen molar-refractivity contribution in [3.8, 4) is 23.1 Å². The highest BCUT2D eigenvalue weighted by Gasteiger charge is 2.50. The van der Waals surface area contributed by atoms with E-state index in [4.69, 9.17) is 18.9 Å². The summed E-state index contributed by atoms with van der Waals surface area (Å²) in [4.78, 5) is 37.7. The summed E-state index contributed by atoms with van der Waals surface area (Å²) in [5.41, 5.74) is 3.99. The van der Waals surface area contributed by atoms with Gasteiger partial charge < -0.3 is 54.8 Å². The van der Waals surface area contributed by atoms with Gasteiger partial charge in [0.2, 0.25) is 0 Å². The van der Waals surface area contributed by atoms with Gasteiger partial charge in [0.25, 0.3) is 21.8 Å². The number of nitrogens with one attached hydrogen (secondary N) is 4. The summed E-state index contributed by atoms with van der Waals surface area (Å²) in [6.07, 6.45) is 11.1. The van der Waals surface area contributed by atoms with Crippen molar-refractivity contribution < 1.29 is 41.7 Å². The molecule has 0 unspecified atom stereocenters. The van der Waals surface area contributed by atoms with E-state index < -0.39 is 32.2 Å². The maximum Gasteiger partial charge on any atom is 0.268 e. The number of aromatic amines is 1. The Morgan fingerprint density at radius 3 is 2.51 bits per heavy atom. The lowest BCUT2D eigenvalue weighted by Gasteiger charge is -2.58. The number of hydrogen-bond donors (Lipinski definition) is 5. The maximum absolute atomic E-state index is 15.0. The Morgan fingerprint density at radius 2 is 1.78 bits per heavy atom. The number of anilines is 4. The third kappa shape index (κ3) is 11.1. The molecule has 6 aliphatic rings. The molecule has 436 valence electrons. The number of sulfonamides is 1. The van der Waals surface area contributed by atoms with Crippen molar-refractivity contribution in [3.63, 3.8) is 0 Å². The number of fused-ring (bicyclic) bond motifs is 2. The van der Waals surface area contributed by atoms with Crippen LogP contribution in [0.4, 0.5) is 27.4 Å². The zero-order chi connectivity index (χ0) is 57.1. The number of aromatic nitrogens is 4. The van der Waals surface area contributed by atoms with E-state index >= 15 is 0 Å². The molecule has 3 saturated heterocycles. The molecule has 1 amide bonds. The Labute approximate surface area is 477 Å². The molecule has 2 aliphatic carbocycles. The molecular weight excluding hydrogens is 1070 g/mol. The summed E-state index contributed by atoms with van der Waals surface area (Å²) < 4.78 is 69.2. The average molecular weight is 1140 g/mol. The SMILES string of the molecule is COc1nc2[nH]cc(F)c2cc1Oc1cc(N2CCC3(CC2)CC(N2CCN(Cc4ccnc5c4OCC4(COC4)N5)C[C@H]2c2ccccc2C(C)C)C3)ccc1C(=O)NS(=O)(=O)c1cnc(NCC2CCC(C)(O)CC2)c(N(C)[O-])c1. The van der Waals surface area contributed by atoms with Crippen LogP contribution < -0.4 is 39.5 Å². The van der Waals surface area contributed by atoms with Gasteiger partial charge >= 0.3 is 0 Å². The molecule has 82 heavy (non-hydrogen) atoms. The first-order valence-electron chi connectivity index (χ1n) is 28.6. The standard InChI is InChI=1S/C60H73FN11O9S/c1-37(2)43-8-6-7-9-44(43)49-33-70(32-39-14-19-62-55-52(39)80-36-60(67-55)34-79-35-60)22-23-72(49)41-27-59(28-41)17-20-71(21-18-59)40-10-11-45(50(24-40)81-51-26-46-47(61)31-65-53(46)66-57(51)78-5)56(73)68-82(76,77)42-25-48(69(4)75)54(64-30-42)63-29-38-12-15-58(3,74)16-13-38/h6-11,14,19,24-26,30-31,37-38,41,49,74H,12-13,15-18,20-23,27-29,32-36H2,1-5H3,(H,62,67)(H,63,64)(H,65,66)(H,68,73)/q-1/t38?,49-,58?/m0/s1. The third-order valence-electron chi connectivity index (χ3n) is 18.1. The number of hydroxylamine groups is 1. The molecule has 4 aromatic heterocycles. The number of piperidine rings is 1. The van der Waals surface area contributed by atoms with Crippen LogP contribution in [0.1, 0.15) is 111 Å². The second-order valence-electron chi connectivity index (χ2n) is 24.3. The minimum Gasteiger partial charge on any atom is -0.758 e. The Hall–Kier alpha value is -6.82. The zero-order valence-corrected chi connectivity index (χ0v) is 48.0. The van der Waals surface area contributed by atoms with E-state index in [1.807, 2.05) is 13.1 Å².